The van der Waals surface area contributed by atoms with Crippen molar-refractivity contribution in [3.05, 3.63) is 102 Å². The largest absolute Gasteiger partial charge is 0.467 e. The molecule has 0 bridgehead atoms. The summed E-state index contributed by atoms with van der Waals surface area (Å²) in [6.45, 7) is 3.28. The summed E-state index contributed by atoms with van der Waals surface area (Å²) in [5, 5.41) is 3.43. The maximum atomic E-state index is 12.2. The Bertz CT molecular complexity index is 1130. The summed E-state index contributed by atoms with van der Waals surface area (Å²) < 4.78 is 12.7. The van der Waals surface area contributed by atoms with Crippen molar-refractivity contribution in [2.75, 3.05) is 7.11 Å². The number of aromatic nitrogens is 2. The van der Waals surface area contributed by atoms with Crippen LogP contribution in [-0.2, 0) is 29.0 Å². The van der Waals surface area contributed by atoms with Gasteiger partial charge in [0.25, 0.3) is 0 Å². The Morgan fingerprint density at radius 3 is 2.38 bits per heavy atom. The molecule has 0 saturated carbocycles. The van der Waals surface area contributed by atoms with E-state index in [-0.39, 0.29) is 12.0 Å². The van der Waals surface area contributed by atoms with Crippen LogP contribution in [0.15, 0.2) is 83.5 Å². The Morgan fingerprint density at radius 2 is 1.69 bits per heavy atom. The highest BCUT2D eigenvalue weighted by atomic mass is 16.5. The van der Waals surface area contributed by atoms with E-state index in [1.54, 1.807) is 0 Å². The van der Waals surface area contributed by atoms with Gasteiger partial charge in [0.2, 0.25) is 5.89 Å². The summed E-state index contributed by atoms with van der Waals surface area (Å²) in [6.07, 6.45) is 4.35. The SMILES string of the molecule is COC(=O)C(Cc1ccc(CNCc2nc(-c3ccccc3)oc2C)cc1)n1cccc1. The predicted molar refractivity (Wildman–Crippen MR) is 123 cm³/mol. The second-order valence-corrected chi connectivity index (χ2v) is 7.68. The number of hydrogen-bond donors (Lipinski definition) is 1. The van der Waals surface area contributed by atoms with E-state index in [1.807, 2.05) is 66.3 Å². The van der Waals surface area contributed by atoms with E-state index in [4.69, 9.17) is 9.15 Å². The molecule has 0 saturated heterocycles. The summed E-state index contributed by atoms with van der Waals surface area (Å²) in [5.41, 5.74) is 4.13. The first-order valence-electron chi connectivity index (χ1n) is 10.6. The van der Waals surface area contributed by atoms with Gasteiger partial charge in [-0.3, -0.25) is 0 Å². The summed E-state index contributed by atoms with van der Waals surface area (Å²) in [5.74, 6) is 1.22. The second kappa shape index (κ2) is 10.1. The average molecular weight is 430 g/mol. The minimum Gasteiger partial charge on any atom is -0.467 e. The lowest BCUT2D eigenvalue weighted by Crippen LogP contribution is -2.22. The molecule has 0 amide bonds. The van der Waals surface area contributed by atoms with E-state index in [0.717, 1.165) is 28.1 Å². The molecule has 32 heavy (non-hydrogen) atoms. The molecule has 2 aromatic carbocycles. The molecule has 4 rings (SSSR count). The van der Waals surface area contributed by atoms with Crippen LogP contribution in [0.1, 0.15) is 28.6 Å². The number of methoxy groups -OCH3 is 1. The highest BCUT2D eigenvalue weighted by Crippen LogP contribution is 2.21. The van der Waals surface area contributed by atoms with Crippen molar-refractivity contribution in [3.63, 3.8) is 0 Å². The maximum absolute atomic E-state index is 12.2. The Morgan fingerprint density at radius 1 is 1.00 bits per heavy atom. The van der Waals surface area contributed by atoms with Gasteiger partial charge >= 0.3 is 5.97 Å². The van der Waals surface area contributed by atoms with Gasteiger partial charge in [0.05, 0.1) is 12.8 Å². The van der Waals surface area contributed by atoms with Gasteiger partial charge in [-0.25, -0.2) is 9.78 Å². The highest BCUT2D eigenvalue weighted by Gasteiger charge is 2.20. The Kier molecular flexibility index (Phi) is 6.82. The van der Waals surface area contributed by atoms with E-state index in [9.17, 15) is 4.79 Å². The van der Waals surface area contributed by atoms with Gasteiger partial charge in [-0.1, -0.05) is 42.5 Å². The van der Waals surface area contributed by atoms with Gasteiger partial charge in [0.1, 0.15) is 11.8 Å². The van der Waals surface area contributed by atoms with Gasteiger partial charge in [0, 0.05) is 37.5 Å². The third-order valence-corrected chi connectivity index (χ3v) is 5.45. The fraction of sp³-hybridized carbons (Fsp3) is 0.231. The highest BCUT2D eigenvalue weighted by molar-refractivity contribution is 5.74. The molecule has 0 aliphatic carbocycles. The molecule has 1 atom stereocenters. The van der Waals surface area contributed by atoms with Crippen molar-refractivity contribution in [2.45, 2.75) is 32.5 Å². The van der Waals surface area contributed by atoms with Gasteiger partial charge in [0.15, 0.2) is 0 Å². The summed E-state index contributed by atoms with van der Waals surface area (Å²) in [6, 6.07) is 21.6. The van der Waals surface area contributed by atoms with Crippen LogP contribution >= 0.6 is 0 Å². The molecule has 0 spiro atoms. The minimum absolute atomic E-state index is 0.246. The number of carbonyl (C=O) groups excluding carboxylic acids is 1. The number of hydrogen-bond acceptors (Lipinski definition) is 5. The quantitative estimate of drug-likeness (QED) is 0.391. The van der Waals surface area contributed by atoms with E-state index < -0.39 is 0 Å². The first-order chi connectivity index (χ1) is 15.6. The van der Waals surface area contributed by atoms with Crippen LogP contribution in [0, 0.1) is 6.92 Å². The van der Waals surface area contributed by atoms with Crippen molar-refractivity contribution in [1.82, 2.24) is 14.9 Å². The standard InChI is InChI=1S/C26H27N3O3/c1-19-23(28-25(32-19)22-8-4-3-5-9-22)18-27-17-21-12-10-20(11-13-21)16-24(26(30)31-2)29-14-6-7-15-29/h3-15,24,27H,16-18H2,1-2H3. The van der Waals surface area contributed by atoms with E-state index in [2.05, 4.69) is 34.6 Å². The van der Waals surface area contributed by atoms with Crippen LogP contribution in [0.5, 0.6) is 0 Å². The lowest BCUT2D eigenvalue weighted by molar-refractivity contribution is -0.144. The topological polar surface area (TPSA) is 69.3 Å². The molecular weight excluding hydrogens is 402 g/mol. The number of carbonyl (C=O) groups is 1. The smallest absolute Gasteiger partial charge is 0.329 e. The molecule has 2 aromatic heterocycles. The maximum Gasteiger partial charge on any atom is 0.329 e. The Hall–Kier alpha value is -3.64. The Labute approximate surface area is 187 Å². The molecule has 1 unspecified atom stereocenters. The third-order valence-electron chi connectivity index (χ3n) is 5.45. The molecule has 1 N–H and O–H groups in total. The van der Waals surface area contributed by atoms with Crippen molar-refractivity contribution in [3.8, 4) is 11.5 Å². The second-order valence-electron chi connectivity index (χ2n) is 7.68. The normalized spacial score (nSPS) is 11.9. The van der Waals surface area contributed by atoms with Crippen LogP contribution in [-0.4, -0.2) is 22.6 Å². The fourth-order valence-electron chi connectivity index (χ4n) is 3.64. The average Bonchev–Trinajstić information content (AvgIpc) is 3.49. The van der Waals surface area contributed by atoms with Crippen LogP contribution in [0.2, 0.25) is 0 Å². The number of ether oxygens (including phenoxy) is 1. The molecule has 0 radical (unpaired) electrons. The minimum atomic E-state index is -0.368. The fourth-order valence-corrected chi connectivity index (χ4v) is 3.64. The third kappa shape index (κ3) is 5.15. The van der Waals surface area contributed by atoms with E-state index in [0.29, 0.717) is 25.4 Å². The lowest BCUT2D eigenvalue weighted by atomic mass is 10.0. The number of esters is 1. The van der Waals surface area contributed by atoms with Gasteiger partial charge in [-0.15, -0.1) is 0 Å². The monoisotopic (exact) mass is 429 g/mol. The molecular formula is C26H27N3O3. The van der Waals surface area contributed by atoms with Crippen molar-refractivity contribution in [2.24, 2.45) is 0 Å². The molecule has 4 aromatic rings. The van der Waals surface area contributed by atoms with Gasteiger partial charge in [-0.2, -0.15) is 0 Å². The summed E-state index contributed by atoms with van der Waals surface area (Å²) in [7, 11) is 1.42. The summed E-state index contributed by atoms with van der Waals surface area (Å²) >= 11 is 0. The predicted octanol–water partition coefficient (Wildman–Crippen LogP) is 4.70. The van der Waals surface area contributed by atoms with Crippen molar-refractivity contribution >= 4 is 5.97 Å². The molecule has 2 heterocycles. The number of aryl methyl sites for hydroxylation is 1. The molecule has 6 nitrogen and oxygen atoms in total. The van der Waals surface area contributed by atoms with Gasteiger partial charge < -0.3 is 19.0 Å². The molecule has 0 aliphatic heterocycles. The van der Waals surface area contributed by atoms with Crippen LogP contribution in [0.25, 0.3) is 11.5 Å². The van der Waals surface area contributed by atoms with Crippen molar-refractivity contribution < 1.29 is 13.9 Å². The molecule has 6 heteroatoms. The molecule has 164 valence electrons. The zero-order valence-electron chi connectivity index (χ0n) is 18.3. The van der Waals surface area contributed by atoms with E-state index in [1.165, 1.54) is 7.11 Å². The lowest BCUT2D eigenvalue weighted by Gasteiger charge is -2.17. The number of oxazole rings is 1. The first-order valence-corrected chi connectivity index (χ1v) is 10.6. The molecule has 0 fully saturated rings. The number of nitrogens with zero attached hydrogens (tertiary/aromatic N) is 2. The number of benzene rings is 2. The number of nitrogens with one attached hydrogen (secondary N) is 1. The Balaban J connectivity index is 1.33. The summed E-state index contributed by atoms with van der Waals surface area (Å²) in [4.78, 5) is 16.8. The molecule has 0 aliphatic rings. The van der Waals surface area contributed by atoms with Gasteiger partial charge in [-0.05, 0) is 42.3 Å². The number of rotatable bonds is 9. The van der Waals surface area contributed by atoms with E-state index >= 15 is 0 Å². The van der Waals surface area contributed by atoms with Crippen LogP contribution in [0.3, 0.4) is 0 Å². The zero-order chi connectivity index (χ0) is 22.3. The van der Waals surface area contributed by atoms with Crippen LogP contribution < -0.4 is 5.32 Å². The zero-order valence-corrected chi connectivity index (χ0v) is 18.3. The van der Waals surface area contributed by atoms with Crippen molar-refractivity contribution in [1.29, 1.82) is 0 Å². The van der Waals surface area contributed by atoms with Crippen LogP contribution in [0.4, 0.5) is 0 Å². The first kappa shape index (κ1) is 21.6.